The maximum Gasteiger partial charge on any atom is 0.199 e. The minimum absolute atomic E-state index is 0.167. The molecule has 0 aliphatic carbocycles. The third-order valence-corrected chi connectivity index (χ3v) is 5.92. The van der Waals surface area contributed by atoms with E-state index in [4.69, 9.17) is 11.6 Å². The summed E-state index contributed by atoms with van der Waals surface area (Å²) in [5, 5.41) is 1.68. The quantitative estimate of drug-likeness (QED) is 0.357. The second kappa shape index (κ2) is 6.55. The normalized spacial score (nSPS) is 11.4. The van der Waals surface area contributed by atoms with Gasteiger partial charge in [0.15, 0.2) is 5.43 Å². The van der Waals surface area contributed by atoms with E-state index in [1.54, 1.807) is 22.9 Å². The molecule has 0 radical (unpaired) electrons. The molecular formula is C22H12ClFN2OS. The molecule has 0 saturated carbocycles. The minimum atomic E-state index is -0.401. The topological polar surface area (TPSA) is 34.9 Å². The number of aromatic nitrogens is 2. The van der Waals surface area contributed by atoms with E-state index in [-0.39, 0.29) is 5.43 Å². The Balaban J connectivity index is 1.85. The lowest BCUT2D eigenvalue weighted by Crippen LogP contribution is -2.11. The number of thiazole rings is 1. The van der Waals surface area contributed by atoms with E-state index in [9.17, 15) is 9.18 Å². The summed E-state index contributed by atoms with van der Waals surface area (Å²) in [6, 6.07) is 19.1. The number of pyridine rings is 1. The molecule has 3 nitrogen and oxygen atoms in total. The Labute approximate surface area is 168 Å². The Bertz CT molecular complexity index is 1370. The van der Waals surface area contributed by atoms with E-state index in [1.807, 2.05) is 36.4 Å². The molecule has 0 spiro atoms. The zero-order chi connectivity index (χ0) is 19.3. The Morgan fingerprint density at radius 3 is 2.57 bits per heavy atom. The maximum atomic E-state index is 13.9. The molecule has 5 rings (SSSR count). The Hall–Kier alpha value is -3.02. The van der Waals surface area contributed by atoms with Gasteiger partial charge in [0.05, 0.1) is 21.3 Å². The fourth-order valence-corrected chi connectivity index (χ4v) is 4.35. The number of hydrogen-bond acceptors (Lipinski definition) is 3. The third kappa shape index (κ3) is 2.80. The van der Waals surface area contributed by atoms with Crippen molar-refractivity contribution < 1.29 is 4.39 Å². The molecule has 0 bridgehead atoms. The average molecular weight is 407 g/mol. The van der Waals surface area contributed by atoms with Crippen LogP contribution < -0.4 is 5.43 Å². The first-order chi connectivity index (χ1) is 13.6. The number of nitrogens with zero attached hydrogens (tertiary/aromatic N) is 2. The molecule has 0 atom stereocenters. The van der Waals surface area contributed by atoms with Crippen LogP contribution in [0.2, 0.25) is 5.02 Å². The largest absolute Gasteiger partial charge is 0.315 e. The van der Waals surface area contributed by atoms with Crippen LogP contribution in [0.5, 0.6) is 0 Å². The molecule has 0 amide bonds. The lowest BCUT2D eigenvalue weighted by molar-refractivity contribution is 0.629. The van der Waals surface area contributed by atoms with Gasteiger partial charge in [-0.25, -0.2) is 9.37 Å². The summed E-state index contributed by atoms with van der Waals surface area (Å²) < 4.78 is 16.8. The zero-order valence-corrected chi connectivity index (χ0v) is 16.0. The zero-order valence-electron chi connectivity index (χ0n) is 14.4. The van der Waals surface area contributed by atoms with Gasteiger partial charge in [0.1, 0.15) is 10.8 Å². The van der Waals surface area contributed by atoms with Crippen LogP contribution in [0.25, 0.3) is 37.4 Å². The van der Waals surface area contributed by atoms with Gasteiger partial charge in [-0.15, -0.1) is 11.3 Å². The predicted molar refractivity (Wildman–Crippen MR) is 113 cm³/mol. The second-order valence-electron chi connectivity index (χ2n) is 6.37. The first-order valence-electron chi connectivity index (χ1n) is 8.57. The molecule has 0 aliphatic rings. The Morgan fingerprint density at radius 2 is 1.79 bits per heavy atom. The van der Waals surface area contributed by atoms with Crippen LogP contribution in [0, 0.1) is 5.82 Å². The Morgan fingerprint density at radius 1 is 1.00 bits per heavy atom. The smallest absolute Gasteiger partial charge is 0.199 e. The van der Waals surface area contributed by atoms with Crippen molar-refractivity contribution >= 4 is 44.1 Å². The predicted octanol–water partition coefficient (Wildman–Crippen LogP) is 6.06. The van der Waals surface area contributed by atoms with Gasteiger partial charge in [-0.3, -0.25) is 4.79 Å². The maximum absolute atomic E-state index is 13.9. The summed E-state index contributed by atoms with van der Waals surface area (Å²) in [4.78, 5) is 17.8. The number of benzene rings is 3. The highest BCUT2D eigenvalue weighted by Crippen LogP contribution is 2.30. The first kappa shape index (κ1) is 17.1. The van der Waals surface area contributed by atoms with Crippen molar-refractivity contribution in [2.24, 2.45) is 0 Å². The van der Waals surface area contributed by atoms with Crippen molar-refractivity contribution in [2.45, 2.75) is 0 Å². The first-order valence-corrected chi connectivity index (χ1v) is 9.76. The highest BCUT2D eigenvalue weighted by Gasteiger charge is 2.16. The van der Waals surface area contributed by atoms with Crippen molar-refractivity contribution in [1.29, 1.82) is 0 Å². The molecule has 3 aromatic carbocycles. The van der Waals surface area contributed by atoms with Gasteiger partial charge in [-0.1, -0.05) is 23.7 Å². The summed E-state index contributed by atoms with van der Waals surface area (Å²) in [7, 11) is 0. The van der Waals surface area contributed by atoms with E-state index in [0.29, 0.717) is 26.5 Å². The van der Waals surface area contributed by atoms with Crippen LogP contribution in [0.4, 0.5) is 4.39 Å². The molecule has 2 aromatic heterocycles. The van der Waals surface area contributed by atoms with Gasteiger partial charge >= 0.3 is 0 Å². The van der Waals surface area contributed by atoms with Crippen LogP contribution in [0.15, 0.2) is 77.7 Å². The van der Waals surface area contributed by atoms with Gasteiger partial charge in [-0.2, -0.15) is 0 Å². The van der Waals surface area contributed by atoms with Crippen molar-refractivity contribution in [2.75, 3.05) is 0 Å². The van der Waals surface area contributed by atoms with E-state index in [1.165, 1.54) is 29.5 Å². The van der Waals surface area contributed by atoms with Crippen LogP contribution in [-0.4, -0.2) is 9.55 Å². The summed E-state index contributed by atoms with van der Waals surface area (Å²) >= 11 is 7.48. The highest BCUT2D eigenvalue weighted by atomic mass is 35.5. The molecule has 28 heavy (non-hydrogen) atoms. The van der Waals surface area contributed by atoms with Gasteiger partial charge in [0.2, 0.25) is 0 Å². The Kier molecular flexibility index (Phi) is 4.00. The summed E-state index contributed by atoms with van der Waals surface area (Å²) in [5.41, 5.74) is 2.44. The molecule has 0 unspecified atom stereocenters. The van der Waals surface area contributed by atoms with Gasteiger partial charge in [0.25, 0.3) is 0 Å². The third-order valence-electron chi connectivity index (χ3n) is 4.60. The molecule has 0 aliphatic heterocycles. The molecule has 2 heterocycles. The number of hydrogen-bond donors (Lipinski definition) is 0. The number of halogens is 2. The summed E-state index contributed by atoms with van der Waals surface area (Å²) in [5.74, 6) is -0.401. The standard InChI is InChI=1S/C22H12ClFN2OS/c23-13-5-8-15(9-6-13)26-12-17(21(27)16-10-7-14(24)11-19(16)26)22-25-18-3-1-2-4-20(18)28-22/h1-12H. The highest BCUT2D eigenvalue weighted by molar-refractivity contribution is 7.21. The number of fused-ring (bicyclic) bond motifs is 2. The number of para-hydroxylation sites is 1. The fraction of sp³-hybridized carbons (Fsp3) is 0. The van der Waals surface area contributed by atoms with E-state index < -0.39 is 5.82 Å². The van der Waals surface area contributed by atoms with E-state index >= 15 is 0 Å². The summed E-state index contributed by atoms with van der Waals surface area (Å²) in [6.45, 7) is 0. The van der Waals surface area contributed by atoms with Gasteiger partial charge < -0.3 is 4.57 Å². The molecule has 136 valence electrons. The van der Waals surface area contributed by atoms with Crippen LogP contribution in [0.1, 0.15) is 0 Å². The van der Waals surface area contributed by atoms with E-state index in [2.05, 4.69) is 4.98 Å². The number of rotatable bonds is 2. The summed E-state index contributed by atoms with van der Waals surface area (Å²) in [6.07, 6.45) is 1.73. The minimum Gasteiger partial charge on any atom is -0.315 e. The van der Waals surface area contributed by atoms with Crippen molar-refractivity contribution in [1.82, 2.24) is 9.55 Å². The molecule has 0 saturated heterocycles. The van der Waals surface area contributed by atoms with Crippen molar-refractivity contribution in [3.8, 4) is 16.3 Å². The molecule has 0 fully saturated rings. The van der Waals surface area contributed by atoms with Crippen molar-refractivity contribution in [3.05, 3.63) is 94.0 Å². The molecule has 6 heteroatoms. The monoisotopic (exact) mass is 406 g/mol. The second-order valence-corrected chi connectivity index (χ2v) is 7.83. The van der Waals surface area contributed by atoms with Crippen LogP contribution in [0.3, 0.4) is 0 Å². The lowest BCUT2D eigenvalue weighted by atomic mass is 10.1. The van der Waals surface area contributed by atoms with Gasteiger partial charge in [0, 0.05) is 22.3 Å². The average Bonchev–Trinajstić information content (AvgIpc) is 3.13. The van der Waals surface area contributed by atoms with Crippen molar-refractivity contribution in [3.63, 3.8) is 0 Å². The lowest BCUT2D eigenvalue weighted by Gasteiger charge is -2.13. The molecule has 5 aromatic rings. The van der Waals surface area contributed by atoms with Crippen LogP contribution >= 0.6 is 22.9 Å². The molecule has 0 N–H and O–H groups in total. The SMILES string of the molecule is O=c1c(-c2nc3ccccc3s2)cn(-c2ccc(Cl)cc2)c2cc(F)ccc12. The van der Waals surface area contributed by atoms with Gasteiger partial charge in [-0.05, 0) is 54.6 Å². The van der Waals surface area contributed by atoms with Crippen LogP contribution in [-0.2, 0) is 0 Å². The fourth-order valence-electron chi connectivity index (χ4n) is 3.25. The van der Waals surface area contributed by atoms with E-state index in [0.717, 1.165) is 15.9 Å². The molecular weight excluding hydrogens is 395 g/mol.